The normalized spacial score (nSPS) is 17.1. The molecule has 1 saturated heterocycles. The molecule has 0 unspecified atom stereocenters. The van der Waals surface area contributed by atoms with Crippen molar-refractivity contribution in [3.05, 3.63) is 69.7 Å². The van der Waals surface area contributed by atoms with Crippen molar-refractivity contribution < 1.29 is 19.4 Å². The molecule has 1 aliphatic rings. The Morgan fingerprint density at radius 1 is 0.919 bits per heavy atom. The molecule has 0 aromatic heterocycles. The van der Waals surface area contributed by atoms with E-state index >= 15 is 0 Å². The lowest BCUT2D eigenvalue weighted by Crippen LogP contribution is -2.34. The minimum absolute atomic E-state index is 0.130. The van der Waals surface area contributed by atoms with E-state index in [2.05, 4.69) is 34.7 Å². The van der Waals surface area contributed by atoms with Crippen molar-refractivity contribution in [2.45, 2.75) is 58.9 Å². The summed E-state index contributed by atoms with van der Waals surface area (Å²) in [5, 5.41) is 11.2. The van der Waals surface area contributed by atoms with E-state index < -0.39 is 17.7 Å². The standard InChI is InChI=1S/C30H39BrN2O4/c1-4-7-18-32(19-8-5-2)20-9-21-33-27(22-12-16-25(17-13-22)37-6-3)26(29(35)30(33)36)28(34)23-10-14-24(31)15-11-23/h10-17,27,34H,4-9,18-21H2,1-3H3/t27-/m0/s1. The van der Waals surface area contributed by atoms with Crippen molar-refractivity contribution in [1.29, 1.82) is 0 Å². The Bertz CT molecular complexity index is 1060. The summed E-state index contributed by atoms with van der Waals surface area (Å²) in [5.74, 6) is -0.641. The number of carbonyl (C=O) groups excluding carboxylic acids is 2. The maximum atomic E-state index is 13.3. The van der Waals surface area contributed by atoms with Crippen LogP contribution >= 0.6 is 15.9 Å². The van der Waals surface area contributed by atoms with Gasteiger partial charge in [-0.15, -0.1) is 0 Å². The van der Waals surface area contributed by atoms with Crippen molar-refractivity contribution in [3.63, 3.8) is 0 Å². The smallest absolute Gasteiger partial charge is 0.295 e. The number of hydrogen-bond acceptors (Lipinski definition) is 5. The molecule has 7 heteroatoms. The Hall–Kier alpha value is -2.64. The van der Waals surface area contributed by atoms with E-state index in [1.807, 2.05) is 31.2 Å². The van der Waals surface area contributed by atoms with Gasteiger partial charge in [-0.05, 0) is 75.6 Å². The van der Waals surface area contributed by atoms with E-state index in [-0.39, 0.29) is 11.3 Å². The summed E-state index contributed by atoms with van der Waals surface area (Å²) >= 11 is 3.41. The summed E-state index contributed by atoms with van der Waals surface area (Å²) in [4.78, 5) is 30.6. The van der Waals surface area contributed by atoms with Gasteiger partial charge in [-0.3, -0.25) is 9.59 Å². The molecular formula is C30H39BrN2O4. The largest absolute Gasteiger partial charge is 0.507 e. The SMILES string of the molecule is CCCCN(CCCC)CCCN1C(=O)C(=O)C(=C(O)c2ccc(Br)cc2)[C@@H]1c1ccc(OCC)cc1. The zero-order valence-corrected chi connectivity index (χ0v) is 23.8. The van der Waals surface area contributed by atoms with Gasteiger partial charge in [0.2, 0.25) is 0 Å². The zero-order valence-electron chi connectivity index (χ0n) is 22.2. The maximum absolute atomic E-state index is 13.3. The number of ether oxygens (including phenoxy) is 1. The molecule has 0 spiro atoms. The second-order valence-corrected chi connectivity index (χ2v) is 10.3. The molecule has 200 valence electrons. The van der Waals surface area contributed by atoms with E-state index in [1.165, 1.54) is 0 Å². The minimum Gasteiger partial charge on any atom is -0.507 e. The number of halogens is 1. The van der Waals surface area contributed by atoms with Crippen molar-refractivity contribution in [3.8, 4) is 5.75 Å². The number of aliphatic hydroxyl groups is 1. The molecule has 1 fully saturated rings. The Labute approximate surface area is 229 Å². The quantitative estimate of drug-likeness (QED) is 0.158. The van der Waals surface area contributed by atoms with Crippen LogP contribution in [0.4, 0.5) is 0 Å². The van der Waals surface area contributed by atoms with Gasteiger partial charge in [-0.1, -0.05) is 66.9 Å². The number of rotatable bonds is 14. The first-order valence-electron chi connectivity index (χ1n) is 13.4. The van der Waals surface area contributed by atoms with Gasteiger partial charge in [-0.25, -0.2) is 0 Å². The molecule has 0 bridgehead atoms. The van der Waals surface area contributed by atoms with E-state index in [1.54, 1.807) is 29.2 Å². The first-order chi connectivity index (χ1) is 17.9. The van der Waals surface area contributed by atoms with Crippen LogP contribution in [0.5, 0.6) is 5.75 Å². The molecule has 0 aliphatic carbocycles. The van der Waals surface area contributed by atoms with Gasteiger partial charge in [0.25, 0.3) is 11.7 Å². The highest BCUT2D eigenvalue weighted by Gasteiger charge is 2.45. The summed E-state index contributed by atoms with van der Waals surface area (Å²) in [6, 6.07) is 13.9. The van der Waals surface area contributed by atoms with E-state index in [9.17, 15) is 14.7 Å². The molecule has 6 nitrogen and oxygen atoms in total. The Morgan fingerprint density at radius 2 is 1.51 bits per heavy atom. The van der Waals surface area contributed by atoms with Gasteiger partial charge in [0.15, 0.2) is 0 Å². The van der Waals surface area contributed by atoms with Gasteiger partial charge in [0.1, 0.15) is 11.5 Å². The average Bonchev–Trinajstić information content (AvgIpc) is 3.15. The third-order valence-corrected chi connectivity index (χ3v) is 7.22. The van der Waals surface area contributed by atoms with Crippen molar-refractivity contribution >= 4 is 33.4 Å². The highest BCUT2D eigenvalue weighted by atomic mass is 79.9. The van der Waals surface area contributed by atoms with E-state index in [0.29, 0.717) is 18.7 Å². The molecule has 3 rings (SSSR count). The minimum atomic E-state index is -0.654. The summed E-state index contributed by atoms with van der Waals surface area (Å²) in [6.07, 6.45) is 5.34. The number of nitrogens with zero attached hydrogens (tertiary/aromatic N) is 2. The number of benzene rings is 2. The van der Waals surface area contributed by atoms with Crippen LogP contribution < -0.4 is 4.74 Å². The van der Waals surface area contributed by atoms with Crippen LogP contribution in [-0.2, 0) is 9.59 Å². The highest BCUT2D eigenvalue weighted by Crippen LogP contribution is 2.40. The fourth-order valence-corrected chi connectivity index (χ4v) is 4.96. The molecule has 0 radical (unpaired) electrons. The molecule has 2 aromatic rings. The van der Waals surface area contributed by atoms with Gasteiger partial charge < -0.3 is 19.6 Å². The monoisotopic (exact) mass is 570 g/mol. The molecule has 37 heavy (non-hydrogen) atoms. The Morgan fingerprint density at radius 3 is 2.08 bits per heavy atom. The number of likely N-dealkylation sites (tertiary alicyclic amines) is 1. The van der Waals surface area contributed by atoms with Crippen LogP contribution in [0, 0.1) is 0 Å². The van der Waals surface area contributed by atoms with Gasteiger partial charge in [0.05, 0.1) is 18.2 Å². The molecule has 1 heterocycles. The van der Waals surface area contributed by atoms with Gasteiger partial charge in [-0.2, -0.15) is 0 Å². The van der Waals surface area contributed by atoms with Crippen LogP contribution in [0.3, 0.4) is 0 Å². The van der Waals surface area contributed by atoms with Crippen molar-refractivity contribution in [2.24, 2.45) is 0 Å². The van der Waals surface area contributed by atoms with Crippen LogP contribution in [0.25, 0.3) is 5.76 Å². The number of aliphatic hydroxyl groups excluding tert-OH is 1. The first-order valence-corrected chi connectivity index (χ1v) is 14.2. The molecule has 1 amide bonds. The fraction of sp³-hybridized carbons (Fsp3) is 0.467. The van der Waals surface area contributed by atoms with Gasteiger partial charge in [0, 0.05) is 16.6 Å². The third kappa shape index (κ3) is 7.45. The number of hydrogen-bond donors (Lipinski definition) is 1. The number of Topliss-reactive ketones (excluding diaryl/α,β-unsaturated/α-hetero) is 1. The third-order valence-electron chi connectivity index (χ3n) is 6.69. The lowest BCUT2D eigenvalue weighted by molar-refractivity contribution is -0.140. The predicted octanol–water partition coefficient (Wildman–Crippen LogP) is 6.56. The summed E-state index contributed by atoms with van der Waals surface area (Å²) in [6.45, 7) is 10.3. The van der Waals surface area contributed by atoms with Crippen molar-refractivity contribution in [1.82, 2.24) is 9.80 Å². The summed E-state index contributed by atoms with van der Waals surface area (Å²) in [7, 11) is 0. The Kier molecular flexibility index (Phi) is 11.2. The predicted molar refractivity (Wildman–Crippen MR) is 152 cm³/mol. The number of amides is 1. The van der Waals surface area contributed by atoms with Crippen LogP contribution in [-0.4, -0.2) is 59.4 Å². The fourth-order valence-electron chi connectivity index (χ4n) is 4.70. The molecule has 2 aromatic carbocycles. The van der Waals surface area contributed by atoms with Crippen molar-refractivity contribution in [2.75, 3.05) is 32.8 Å². The second kappa shape index (κ2) is 14.3. The molecular weight excluding hydrogens is 532 g/mol. The van der Waals surface area contributed by atoms with Crippen LogP contribution in [0.1, 0.15) is 70.0 Å². The topological polar surface area (TPSA) is 70.1 Å². The van der Waals surface area contributed by atoms with Crippen LogP contribution in [0.15, 0.2) is 58.6 Å². The van der Waals surface area contributed by atoms with Gasteiger partial charge >= 0.3 is 0 Å². The van der Waals surface area contributed by atoms with E-state index in [0.717, 1.165) is 67.5 Å². The first kappa shape index (κ1) is 28.9. The number of carbonyl (C=O) groups is 2. The number of unbranched alkanes of at least 4 members (excludes halogenated alkanes) is 2. The lowest BCUT2D eigenvalue weighted by Gasteiger charge is -2.27. The summed E-state index contributed by atoms with van der Waals surface area (Å²) in [5.41, 5.74) is 1.41. The molecule has 0 saturated carbocycles. The van der Waals surface area contributed by atoms with Crippen LogP contribution in [0.2, 0.25) is 0 Å². The maximum Gasteiger partial charge on any atom is 0.295 e. The second-order valence-electron chi connectivity index (χ2n) is 9.40. The zero-order chi connectivity index (χ0) is 26.8. The Balaban J connectivity index is 1.92. The molecule has 1 aliphatic heterocycles. The summed E-state index contributed by atoms with van der Waals surface area (Å²) < 4.78 is 6.45. The highest BCUT2D eigenvalue weighted by molar-refractivity contribution is 9.10. The van der Waals surface area contributed by atoms with E-state index in [4.69, 9.17) is 4.74 Å². The lowest BCUT2D eigenvalue weighted by atomic mass is 9.95. The molecule has 1 atom stereocenters. The average molecular weight is 572 g/mol. The molecule has 1 N–H and O–H groups in total. The number of ketones is 1.